The molecule has 4 nitrogen and oxygen atoms in total. The maximum absolute atomic E-state index is 13.7. The summed E-state index contributed by atoms with van der Waals surface area (Å²) in [5.74, 6) is -0.359. The molecule has 3 rings (SSSR count). The van der Waals surface area contributed by atoms with Crippen molar-refractivity contribution in [1.29, 1.82) is 0 Å². The van der Waals surface area contributed by atoms with Crippen molar-refractivity contribution in [1.82, 2.24) is 10.2 Å². The lowest BCUT2D eigenvalue weighted by molar-refractivity contribution is -0.140. The highest BCUT2D eigenvalue weighted by Crippen LogP contribution is 2.25. The van der Waals surface area contributed by atoms with E-state index < -0.39 is 6.04 Å². The highest BCUT2D eigenvalue weighted by molar-refractivity contribution is 6.35. The van der Waals surface area contributed by atoms with E-state index in [2.05, 4.69) is 12.2 Å². The summed E-state index contributed by atoms with van der Waals surface area (Å²) in [4.78, 5) is 28.7. The fourth-order valence-corrected chi connectivity index (χ4v) is 4.37. The van der Waals surface area contributed by atoms with E-state index in [-0.39, 0.29) is 24.8 Å². The van der Waals surface area contributed by atoms with E-state index >= 15 is 0 Å². The van der Waals surface area contributed by atoms with Gasteiger partial charge < -0.3 is 10.2 Å². The number of rotatable bonds is 11. The number of carbonyl (C=O) groups excluding carboxylic acids is 2. The van der Waals surface area contributed by atoms with Gasteiger partial charge in [-0.3, -0.25) is 9.59 Å². The van der Waals surface area contributed by atoms with Crippen molar-refractivity contribution in [3.8, 4) is 0 Å². The van der Waals surface area contributed by atoms with Gasteiger partial charge in [0.2, 0.25) is 11.8 Å². The first-order chi connectivity index (χ1) is 16.9. The summed E-state index contributed by atoms with van der Waals surface area (Å²) in [5.41, 5.74) is 2.51. The van der Waals surface area contributed by atoms with Gasteiger partial charge in [0.25, 0.3) is 0 Å². The minimum absolute atomic E-state index is 0.135. The smallest absolute Gasteiger partial charge is 0.243 e. The number of halogens is 3. The third-order valence-corrected chi connectivity index (χ3v) is 6.56. The van der Waals surface area contributed by atoms with E-state index in [4.69, 9.17) is 34.8 Å². The topological polar surface area (TPSA) is 49.4 Å². The van der Waals surface area contributed by atoms with Crippen LogP contribution >= 0.6 is 34.8 Å². The van der Waals surface area contributed by atoms with Crippen molar-refractivity contribution < 1.29 is 9.59 Å². The zero-order chi connectivity index (χ0) is 25.2. The minimum Gasteiger partial charge on any atom is -0.354 e. The summed E-state index contributed by atoms with van der Waals surface area (Å²) in [6, 6.07) is 21.3. The predicted octanol–water partition coefficient (Wildman–Crippen LogP) is 6.75. The van der Waals surface area contributed by atoms with Crippen LogP contribution < -0.4 is 5.32 Å². The van der Waals surface area contributed by atoms with Crippen molar-refractivity contribution in [2.24, 2.45) is 0 Å². The average Bonchev–Trinajstić information content (AvgIpc) is 2.84. The Kier molecular flexibility index (Phi) is 10.5. The molecular formula is C28H29Cl3N2O2. The van der Waals surface area contributed by atoms with E-state index in [0.29, 0.717) is 28.0 Å². The lowest BCUT2D eigenvalue weighted by Crippen LogP contribution is -2.51. The zero-order valence-electron chi connectivity index (χ0n) is 19.6. The normalized spacial score (nSPS) is 11.7. The molecule has 0 aliphatic carbocycles. The second-order valence-electron chi connectivity index (χ2n) is 8.41. The van der Waals surface area contributed by atoms with Gasteiger partial charge in [-0.1, -0.05) is 96.7 Å². The lowest BCUT2D eigenvalue weighted by Gasteiger charge is -2.32. The molecule has 3 aromatic carbocycles. The summed E-state index contributed by atoms with van der Waals surface area (Å²) in [7, 11) is 0. The molecule has 0 heterocycles. The molecule has 0 saturated carbocycles. The van der Waals surface area contributed by atoms with Crippen molar-refractivity contribution in [3.63, 3.8) is 0 Å². The number of unbranched alkanes of at least 4 members (excludes halogenated alkanes) is 1. The van der Waals surface area contributed by atoms with Crippen LogP contribution in [0.1, 0.15) is 36.5 Å². The molecule has 0 bridgehead atoms. The number of benzene rings is 3. The molecule has 0 unspecified atom stereocenters. The Hall–Kier alpha value is -2.53. The molecule has 0 spiro atoms. The number of carbonyl (C=O) groups is 2. The largest absolute Gasteiger partial charge is 0.354 e. The lowest BCUT2D eigenvalue weighted by atomic mass is 10.0. The first-order valence-corrected chi connectivity index (χ1v) is 12.8. The van der Waals surface area contributed by atoms with E-state index in [1.54, 1.807) is 35.2 Å². The molecule has 1 atom stereocenters. The van der Waals surface area contributed by atoms with Gasteiger partial charge in [-0.2, -0.15) is 0 Å². The van der Waals surface area contributed by atoms with Gasteiger partial charge in [0.1, 0.15) is 6.04 Å². The van der Waals surface area contributed by atoms with Crippen LogP contribution in [0.4, 0.5) is 0 Å². The molecule has 35 heavy (non-hydrogen) atoms. The molecular weight excluding hydrogens is 503 g/mol. The zero-order valence-corrected chi connectivity index (χ0v) is 21.9. The van der Waals surface area contributed by atoms with Crippen LogP contribution in [0, 0.1) is 0 Å². The van der Waals surface area contributed by atoms with Gasteiger partial charge in [-0.25, -0.2) is 0 Å². The van der Waals surface area contributed by atoms with Crippen molar-refractivity contribution >= 4 is 46.6 Å². The van der Waals surface area contributed by atoms with Crippen LogP contribution in [-0.4, -0.2) is 29.3 Å². The molecule has 0 aromatic heterocycles. The molecule has 0 aliphatic heterocycles. The van der Waals surface area contributed by atoms with Crippen molar-refractivity contribution in [2.45, 2.75) is 45.2 Å². The summed E-state index contributed by atoms with van der Waals surface area (Å²) >= 11 is 18.6. The summed E-state index contributed by atoms with van der Waals surface area (Å²) in [6.45, 7) is 2.81. The van der Waals surface area contributed by atoms with Gasteiger partial charge in [-0.15, -0.1) is 0 Å². The van der Waals surface area contributed by atoms with Gasteiger partial charge in [0, 0.05) is 34.6 Å². The van der Waals surface area contributed by atoms with Crippen molar-refractivity contribution in [2.75, 3.05) is 6.54 Å². The van der Waals surface area contributed by atoms with E-state index in [1.807, 2.05) is 42.5 Å². The fraction of sp³-hybridized carbons (Fsp3) is 0.286. The quantitative estimate of drug-likeness (QED) is 0.278. The SMILES string of the molecule is CCCCNC(=O)[C@@H](Cc1ccccc1)N(Cc1ccc(Cl)cc1Cl)C(=O)Cc1ccc(Cl)cc1. The Morgan fingerprint density at radius 1 is 0.886 bits per heavy atom. The van der Waals surface area contributed by atoms with Crippen LogP contribution in [0.25, 0.3) is 0 Å². The third kappa shape index (κ3) is 8.28. The second-order valence-corrected chi connectivity index (χ2v) is 9.69. The van der Waals surface area contributed by atoms with Crippen LogP contribution in [0.2, 0.25) is 15.1 Å². The van der Waals surface area contributed by atoms with E-state index in [0.717, 1.165) is 29.5 Å². The van der Waals surface area contributed by atoms with E-state index in [9.17, 15) is 9.59 Å². The van der Waals surface area contributed by atoms with Gasteiger partial charge >= 0.3 is 0 Å². The van der Waals surface area contributed by atoms with Crippen molar-refractivity contribution in [3.05, 3.63) is 105 Å². The second kappa shape index (κ2) is 13.5. The van der Waals surface area contributed by atoms with Crippen LogP contribution in [-0.2, 0) is 29.0 Å². The molecule has 1 N–H and O–H groups in total. The number of nitrogens with zero attached hydrogens (tertiary/aromatic N) is 1. The summed E-state index contributed by atoms with van der Waals surface area (Å²) in [6.07, 6.45) is 2.35. The molecule has 2 amide bonds. The maximum Gasteiger partial charge on any atom is 0.243 e. The standard InChI is InChI=1S/C28H29Cl3N2O2/c1-2-3-15-32-28(35)26(16-20-7-5-4-6-8-20)33(19-22-11-14-24(30)18-25(22)31)27(34)17-21-9-12-23(29)13-10-21/h4-14,18,26H,2-3,15-17,19H2,1H3,(H,32,35)/t26-/m1/s1. The third-order valence-electron chi connectivity index (χ3n) is 5.73. The van der Waals surface area contributed by atoms with E-state index in [1.165, 1.54) is 0 Å². The highest BCUT2D eigenvalue weighted by Gasteiger charge is 2.30. The van der Waals surface area contributed by atoms with Gasteiger partial charge in [0.05, 0.1) is 6.42 Å². The molecule has 0 saturated heterocycles. The predicted molar refractivity (Wildman–Crippen MR) is 144 cm³/mol. The average molecular weight is 532 g/mol. The molecule has 7 heteroatoms. The van der Waals surface area contributed by atoms with Crippen LogP contribution in [0.3, 0.4) is 0 Å². The number of hydrogen-bond acceptors (Lipinski definition) is 2. The molecule has 0 radical (unpaired) electrons. The Balaban J connectivity index is 1.96. The number of hydrogen-bond donors (Lipinski definition) is 1. The monoisotopic (exact) mass is 530 g/mol. The maximum atomic E-state index is 13.7. The summed E-state index contributed by atoms with van der Waals surface area (Å²) < 4.78 is 0. The molecule has 0 fully saturated rings. The Labute approximate surface area is 222 Å². The Bertz CT molecular complexity index is 1120. The number of amides is 2. The number of nitrogens with one attached hydrogen (secondary N) is 1. The molecule has 0 aliphatic rings. The van der Waals surface area contributed by atoms with Crippen LogP contribution in [0.15, 0.2) is 72.8 Å². The van der Waals surface area contributed by atoms with Gasteiger partial charge in [0.15, 0.2) is 0 Å². The Morgan fingerprint density at radius 2 is 1.57 bits per heavy atom. The first kappa shape index (κ1) is 27.1. The fourth-order valence-electron chi connectivity index (χ4n) is 3.77. The molecule has 3 aromatic rings. The van der Waals surface area contributed by atoms with Crippen LogP contribution in [0.5, 0.6) is 0 Å². The molecule has 184 valence electrons. The Morgan fingerprint density at radius 3 is 2.23 bits per heavy atom. The summed E-state index contributed by atoms with van der Waals surface area (Å²) in [5, 5.41) is 4.58. The highest BCUT2D eigenvalue weighted by atomic mass is 35.5. The first-order valence-electron chi connectivity index (χ1n) is 11.7. The van der Waals surface area contributed by atoms with Gasteiger partial charge in [-0.05, 0) is 47.4 Å². The minimum atomic E-state index is -0.708.